The summed E-state index contributed by atoms with van der Waals surface area (Å²) in [4.78, 5) is 10.8. The Bertz CT molecular complexity index is 159. The third-order valence-electron chi connectivity index (χ3n) is 1.92. The van der Waals surface area contributed by atoms with E-state index in [0.717, 1.165) is 12.8 Å². The Kier molecular flexibility index (Phi) is 2.52. The molecule has 1 aliphatic carbocycles. The normalized spacial score (nSPS) is 28.5. The molecule has 0 amide bonds. The van der Waals surface area contributed by atoms with Crippen LogP contribution in [0.15, 0.2) is 12.8 Å². The number of hydrogen-bond donors (Lipinski definition) is 0. The van der Waals surface area contributed by atoms with Gasteiger partial charge in [-0.1, -0.05) is 6.58 Å². The number of rotatable bonds is 3. The van der Waals surface area contributed by atoms with Crippen LogP contribution in [-0.2, 0) is 14.3 Å². The fourth-order valence-corrected chi connectivity index (χ4v) is 1.17. The second-order valence-corrected chi connectivity index (χ2v) is 2.62. The lowest BCUT2D eigenvalue weighted by Crippen LogP contribution is -2.35. The molecule has 0 aromatic heterocycles. The summed E-state index contributed by atoms with van der Waals surface area (Å²) in [5, 5.41) is 0. The second kappa shape index (κ2) is 3.42. The standard InChI is InChI=1S/C8H12O3/c1-3-11-7-4-6(5-7)8(9)10-2/h3,6-7H,1,4-5H2,2H3. The topological polar surface area (TPSA) is 35.5 Å². The molecule has 0 atom stereocenters. The minimum Gasteiger partial charge on any atom is -0.499 e. The lowest BCUT2D eigenvalue weighted by molar-refractivity contribution is -0.152. The molecule has 1 fully saturated rings. The van der Waals surface area contributed by atoms with Crippen LogP contribution in [0.3, 0.4) is 0 Å². The molecule has 1 aliphatic rings. The Morgan fingerprint density at radius 3 is 2.73 bits per heavy atom. The van der Waals surface area contributed by atoms with Crippen molar-refractivity contribution in [3.8, 4) is 0 Å². The van der Waals surface area contributed by atoms with Gasteiger partial charge in [0.05, 0.1) is 25.4 Å². The Morgan fingerprint density at radius 2 is 2.27 bits per heavy atom. The van der Waals surface area contributed by atoms with E-state index in [1.54, 1.807) is 0 Å². The van der Waals surface area contributed by atoms with Gasteiger partial charge >= 0.3 is 5.97 Å². The van der Waals surface area contributed by atoms with E-state index in [1.165, 1.54) is 13.4 Å². The van der Waals surface area contributed by atoms with Gasteiger partial charge in [0.15, 0.2) is 0 Å². The van der Waals surface area contributed by atoms with Crippen LogP contribution >= 0.6 is 0 Å². The number of carbonyl (C=O) groups excluding carboxylic acids is 1. The largest absolute Gasteiger partial charge is 0.499 e. The van der Waals surface area contributed by atoms with Gasteiger partial charge in [-0.3, -0.25) is 4.79 Å². The molecule has 0 unspecified atom stereocenters. The quantitative estimate of drug-likeness (QED) is 0.453. The van der Waals surface area contributed by atoms with E-state index in [9.17, 15) is 4.79 Å². The average Bonchev–Trinajstić information content (AvgIpc) is 1.94. The first-order chi connectivity index (χ1) is 5.27. The zero-order valence-corrected chi connectivity index (χ0v) is 6.58. The van der Waals surface area contributed by atoms with Crippen LogP contribution in [0, 0.1) is 5.92 Å². The monoisotopic (exact) mass is 156 g/mol. The number of methoxy groups -OCH3 is 1. The number of ether oxygens (including phenoxy) is 2. The zero-order valence-electron chi connectivity index (χ0n) is 6.58. The van der Waals surface area contributed by atoms with Crippen LogP contribution in [-0.4, -0.2) is 19.2 Å². The van der Waals surface area contributed by atoms with Crippen molar-refractivity contribution >= 4 is 5.97 Å². The summed E-state index contributed by atoms with van der Waals surface area (Å²) in [5.41, 5.74) is 0. The van der Waals surface area contributed by atoms with Gasteiger partial charge in [-0.15, -0.1) is 0 Å². The van der Waals surface area contributed by atoms with Gasteiger partial charge in [-0.2, -0.15) is 0 Å². The molecule has 0 saturated heterocycles. The molecule has 0 aromatic carbocycles. The highest BCUT2D eigenvalue weighted by Crippen LogP contribution is 2.30. The summed E-state index contributed by atoms with van der Waals surface area (Å²) in [6, 6.07) is 0. The molecule has 1 rings (SSSR count). The van der Waals surface area contributed by atoms with Gasteiger partial charge in [-0.25, -0.2) is 0 Å². The predicted octanol–water partition coefficient (Wildman–Crippen LogP) is 1.10. The van der Waals surface area contributed by atoms with Crippen LogP contribution in [0.5, 0.6) is 0 Å². The van der Waals surface area contributed by atoms with E-state index in [-0.39, 0.29) is 18.0 Å². The summed E-state index contributed by atoms with van der Waals surface area (Å²) in [6.07, 6.45) is 3.12. The maximum Gasteiger partial charge on any atom is 0.308 e. The highest BCUT2D eigenvalue weighted by Gasteiger charge is 2.36. The van der Waals surface area contributed by atoms with Crippen LogP contribution in [0.2, 0.25) is 0 Å². The third kappa shape index (κ3) is 1.73. The summed E-state index contributed by atoms with van der Waals surface area (Å²) in [7, 11) is 1.41. The molecule has 0 aromatic rings. The number of esters is 1. The summed E-state index contributed by atoms with van der Waals surface area (Å²) >= 11 is 0. The highest BCUT2D eigenvalue weighted by atomic mass is 16.5. The van der Waals surface area contributed by atoms with Crippen LogP contribution in [0.4, 0.5) is 0 Å². The molecule has 0 aliphatic heterocycles. The van der Waals surface area contributed by atoms with Gasteiger partial charge in [0, 0.05) is 0 Å². The summed E-state index contributed by atoms with van der Waals surface area (Å²) in [6.45, 7) is 3.43. The third-order valence-corrected chi connectivity index (χ3v) is 1.92. The van der Waals surface area contributed by atoms with Gasteiger partial charge in [0.1, 0.15) is 0 Å². The average molecular weight is 156 g/mol. The fraction of sp³-hybridized carbons (Fsp3) is 0.625. The van der Waals surface area contributed by atoms with Gasteiger partial charge < -0.3 is 9.47 Å². The van der Waals surface area contributed by atoms with Crippen molar-refractivity contribution in [3.05, 3.63) is 12.8 Å². The lowest BCUT2D eigenvalue weighted by atomic mass is 9.82. The van der Waals surface area contributed by atoms with Crippen molar-refractivity contribution in [1.29, 1.82) is 0 Å². The van der Waals surface area contributed by atoms with E-state index in [2.05, 4.69) is 11.3 Å². The minimum atomic E-state index is -0.131. The van der Waals surface area contributed by atoms with Gasteiger partial charge in [0.2, 0.25) is 0 Å². The molecule has 11 heavy (non-hydrogen) atoms. The molecule has 0 bridgehead atoms. The molecule has 0 spiro atoms. The predicted molar refractivity (Wildman–Crippen MR) is 39.8 cm³/mol. The molecule has 3 heteroatoms. The Morgan fingerprint density at radius 1 is 1.64 bits per heavy atom. The number of hydrogen-bond acceptors (Lipinski definition) is 3. The van der Waals surface area contributed by atoms with Gasteiger partial charge in [0.25, 0.3) is 0 Å². The van der Waals surface area contributed by atoms with E-state index < -0.39 is 0 Å². The van der Waals surface area contributed by atoms with E-state index in [4.69, 9.17) is 4.74 Å². The molecule has 62 valence electrons. The first-order valence-corrected chi connectivity index (χ1v) is 3.62. The lowest BCUT2D eigenvalue weighted by Gasteiger charge is -2.31. The first kappa shape index (κ1) is 8.11. The molecule has 0 heterocycles. The highest BCUT2D eigenvalue weighted by molar-refractivity contribution is 5.73. The first-order valence-electron chi connectivity index (χ1n) is 3.62. The summed E-state index contributed by atoms with van der Waals surface area (Å²) < 4.78 is 9.62. The molecular weight excluding hydrogens is 144 g/mol. The van der Waals surface area contributed by atoms with Crippen LogP contribution in [0.1, 0.15) is 12.8 Å². The van der Waals surface area contributed by atoms with Crippen LogP contribution in [0.25, 0.3) is 0 Å². The van der Waals surface area contributed by atoms with Crippen molar-refractivity contribution in [2.24, 2.45) is 5.92 Å². The van der Waals surface area contributed by atoms with Gasteiger partial charge in [-0.05, 0) is 12.8 Å². The SMILES string of the molecule is C=COC1CC(C(=O)OC)C1. The van der Waals surface area contributed by atoms with Crippen molar-refractivity contribution in [2.45, 2.75) is 18.9 Å². The van der Waals surface area contributed by atoms with Crippen molar-refractivity contribution in [1.82, 2.24) is 0 Å². The second-order valence-electron chi connectivity index (χ2n) is 2.62. The maximum atomic E-state index is 10.8. The number of carbonyl (C=O) groups is 1. The van der Waals surface area contributed by atoms with Crippen molar-refractivity contribution in [2.75, 3.05) is 7.11 Å². The Hall–Kier alpha value is -0.990. The van der Waals surface area contributed by atoms with Crippen molar-refractivity contribution in [3.63, 3.8) is 0 Å². The van der Waals surface area contributed by atoms with E-state index in [0.29, 0.717) is 0 Å². The minimum absolute atomic E-state index is 0.0462. The zero-order chi connectivity index (χ0) is 8.27. The van der Waals surface area contributed by atoms with E-state index >= 15 is 0 Å². The fourth-order valence-electron chi connectivity index (χ4n) is 1.17. The molecule has 0 radical (unpaired) electrons. The molecule has 3 nitrogen and oxygen atoms in total. The Balaban J connectivity index is 2.18. The Labute approximate surface area is 66.0 Å². The smallest absolute Gasteiger partial charge is 0.308 e. The van der Waals surface area contributed by atoms with E-state index in [1.807, 2.05) is 0 Å². The molecule has 1 saturated carbocycles. The molecule has 0 N–H and O–H groups in total. The van der Waals surface area contributed by atoms with Crippen LogP contribution < -0.4 is 0 Å². The van der Waals surface area contributed by atoms with Crippen molar-refractivity contribution < 1.29 is 14.3 Å². The molecular formula is C8H12O3. The maximum absolute atomic E-state index is 10.8. The summed E-state index contributed by atoms with van der Waals surface area (Å²) in [5.74, 6) is -0.0844.